The Balaban J connectivity index is 1.93. The second kappa shape index (κ2) is 4.66. The number of aryl methyl sites for hydroxylation is 1. The Morgan fingerprint density at radius 1 is 1.31 bits per heavy atom. The van der Waals surface area contributed by atoms with Crippen LogP contribution in [0.25, 0.3) is 0 Å². The Bertz CT molecular complexity index is 361. The van der Waals surface area contributed by atoms with Crippen molar-refractivity contribution < 1.29 is 14.6 Å². The van der Waals surface area contributed by atoms with Crippen molar-refractivity contribution >= 4 is 5.97 Å². The van der Waals surface area contributed by atoms with E-state index in [1.54, 1.807) is 6.92 Å². The number of cyclic esters (lactones) is 1. The highest BCUT2D eigenvalue weighted by atomic mass is 16.6. The zero-order valence-corrected chi connectivity index (χ0v) is 9.30. The molecule has 1 saturated heterocycles. The molecule has 1 aliphatic heterocycles. The summed E-state index contributed by atoms with van der Waals surface area (Å²) in [7, 11) is 0. The zero-order valence-electron chi connectivity index (χ0n) is 9.30. The largest absolute Gasteiger partial charge is 0.460 e. The molecule has 3 heteroatoms. The van der Waals surface area contributed by atoms with Crippen LogP contribution in [0, 0.1) is 5.92 Å². The SMILES string of the molecule is CC1OC(=O)C(CCc2ccccc2)C1O. The molecule has 3 unspecified atom stereocenters. The summed E-state index contributed by atoms with van der Waals surface area (Å²) in [5.74, 6) is -0.633. The van der Waals surface area contributed by atoms with E-state index in [0.29, 0.717) is 6.42 Å². The van der Waals surface area contributed by atoms with Crippen LogP contribution in [0.3, 0.4) is 0 Å². The van der Waals surface area contributed by atoms with E-state index in [2.05, 4.69) is 0 Å². The number of carbonyl (C=O) groups is 1. The van der Waals surface area contributed by atoms with Crippen LogP contribution >= 0.6 is 0 Å². The van der Waals surface area contributed by atoms with Crippen LogP contribution in [-0.2, 0) is 16.0 Å². The second-order valence-electron chi connectivity index (χ2n) is 4.26. The van der Waals surface area contributed by atoms with Gasteiger partial charge in [0.05, 0.1) is 5.92 Å². The fraction of sp³-hybridized carbons (Fsp3) is 0.462. The van der Waals surface area contributed by atoms with Gasteiger partial charge in [-0.3, -0.25) is 4.79 Å². The first-order valence-corrected chi connectivity index (χ1v) is 5.61. The van der Waals surface area contributed by atoms with Gasteiger partial charge in [0.2, 0.25) is 0 Å². The first kappa shape index (κ1) is 11.1. The van der Waals surface area contributed by atoms with Gasteiger partial charge in [0.1, 0.15) is 12.2 Å². The first-order chi connectivity index (χ1) is 7.68. The van der Waals surface area contributed by atoms with Crippen molar-refractivity contribution in [2.24, 2.45) is 5.92 Å². The Labute approximate surface area is 95.0 Å². The topological polar surface area (TPSA) is 46.5 Å². The van der Waals surface area contributed by atoms with Gasteiger partial charge in [0, 0.05) is 0 Å². The van der Waals surface area contributed by atoms with Crippen LogP contribution in [0.15, 0.2) is 30.3 Å². The average molecular weight is 220 g/mol. The van der Waals surface area contributed by atoms with E-state index in [1.807, 2.05) is 30.3 Å². The van der Waals surface area contributed by atoms with Crippen LogP contribution in [0.5, 0.6) is 0 Å². The molecule has 16 heavy (non-hydrogen) atoms. The number of hydrogen-bond acceptors (Lipinski definition) is 3. The molecule has 0 amide bonds. The maximum atomic E-state index is 11.4. The molecule has 1 aliphatic rings. The van der Waals surface area contributed by atoms with Crippen molar-refractivity contribution in [2.75, 3.05) is 0 Å². The average Bonchev–Trinajstić information content (AvgIpc) is 2.53. The highest BCUT2D eigenvalue weighted by Gasteiger charge is 2.40. The van der Waals surface area contributed by atoms with Gasteiger partial charge in [-0.25, -0.2) is 0 Å². The van der Waals surface area contributed by atoms with Crippen molar-refractivity contribution in [3.05, 3.63) is 35.9 Å². The normalized spacial score (nSPS) is 29.1. The summed E-state index contributed by atoms with van der Waals surface area (Å²) in [4.78, 5) is 11.4. The lowest BCUT2D eigenvalue weighted by atomic mass is 9.94. The maximum Gasteiger partial charge on any atom is 0.312 e. The summed E-state index contributed by atoms with van der Waals surface area (Å²) in [5, 5.41) is 9.76. The molecule has 86 valence electrons. The van der Waals surface area contributed by atoms with Crippen molar-refractivity contribution in [1.82, 2.24) is 0 Å². The van der Waals surface area contributed by atoms with Gasteiger partial charge in [-0.1, -0.05) is 30.3 Å². The molecule has 1 aromatic rings. The standard InChI is InChI=1S/C13H16O3/c1-9-12(14)11(13(15)16-9)8-7-10-5-3-2-4-6-10/h2-6,9,11-12,14H,7-8H2,1H3. The number of benzene rings is 1. The zero-order chi connectivity index (χ0) is 11.5. The van der Waals surface area contributed by atoms with Gasteiger partial charge in [-0.2, -0.15) is 0 Å². The molecule has 1 heterocycles. The van der Waals surface area contributed by atoms with E-state index in [9.17, 15) is 9.90 Å². The Kier molecular flexibility index (Phi) is 3.25. The molecule has 3 nitrogen and oxygen atoms in total. The van der Waals surface area contributed by atoms with Crippen molar-refractivity contribution in [3.8, 4) is 0 Å². The second-order valence-corrected chi connectivity index (χ2v) is 4.26. The maximum absolute atomic E-state index is 11.4. The summed E-state index contributed by atoms with van der Waals surface area (Å²) in [6, 6.07) is 9.96. The van der Waals surface area contributed by atoms with Crippen LogP contribution < -0.4 is 0 Å². The predicted molar refractivity (Wildman–Crippen MR) is 59.8 cm³/mol. The minimum atomic E-state index is -0.656. The van der Waals surface area contributed by atoms with Crippen LogP contribution in [0.4, 0.5) is 0 Å². The summed E-state index contributed by atoms with van der Waals surface area (Å²) in [6.45, 7) is 1.73. The lowest BCUT2D eigenvalue weighted by molar-refractivity contribution is -0.143. The molecule has 0 aliphatic carbocycles. The fourth-order valence-corrected chi connectivity index (χ4v) is 2.06. The quantitative estimate of drug-likeness (QED) is 0.786. The van der Waals surface area contributed by atoms with Gasteiger partial charge >= 0.3 is 5.97 Å². The number of esters is 1. The lowest BCUT2D eigenvalue weighted by Crippen LogP contribution is -2.25. The third kappa shape index (κ3) is 2.25. The molecule has 0 saturated carbocycles. The van der Waals surface area contributed by atoms with Gasteiger partial charge in [0.15, 0.2) is 0 Å². The molecule has 1 aromatic carbocycles. The number of hydrogen-bond donors (Lipinski definition) is 1. The molecule has 1 fully saturated rings. The lowest BCUT2D eigenvalue weighted by Gasteiger charge is -2.11. The Morgan fingerprint density at radius 2 is 2.00 bits per heavy atom. The minimum absolute atomic E-state index is 0.268. The molecular weight excluding hydrogens is 204 g/mol. The van der Waals surface area contributed by atoms with E-state index in [1.165, 1.54) is 5.56 Å². The van der Waals surface area contributed by atoms with Crippen LogP contribution in [0.1, 0.15) is 18.9 Å². The van der Waals surface area contributed by atoms with Gasteiger partial charge < -0.3 is 9.84 Å². The molecule has 0 radical (unpaired) electrons. The highest BCUT2D eigenvalue weighted by Crippen LogP contribution is 2.25. The van der Waals surface area contributed by atoms with E-state index < -0.39 is 6.10 Å². The summed E-state index contributed by atoms with van der Waals surface area (Å²) >= 11 is 0. The highest BCUT2D eigenvalue weighted by molar-refractivity contribution is 5.75. The Morgan fingerprint density at radius 3 is 2.56 bits per heavy atom. The molecule has 0 aromatic heterocycles. The van der Waals surface area contributed by atoms with Crippen LogP contribution in [0.2, 0.25) is 0 Å². The molecule has 0 bridgehead atoms. The molecular formula is C13H16O3. The van der Waals surface area contributed by atoms with E-state index in [4.69, 9.17) is 4.74 Å². The van der Waals surface area contributed by atoms with Crippen molar-refractivity contribution in [1.29, 1.82) is 0 Å². The smallest absolute Gasteiger partial charge is 0.312 e. The van der Waals surface area contributed by atoms with Crippen molar-refractivity contribution in [2.45, 2.75) is 32.0 Å². The monoisotopic (exact) mass is 220 g/mol. The summed E-state index contributed by atoms with van der Waals surface area (Å²) < 4.78 is 4.99. The van der Waals surface area contributed by atoms with Gasteiger partial charge in [-0.05, 0) is 25.3 Å². The van der Waals surface area contributed by atoms with E-state index in [-0.39, 0.29) is 18.0 Å². The third-order valence-corrected chi connectivity index (χ3v) is 3.08. The summed E-state index contributed by atoms with van der Waals surface area (Å²) in [6.07, 6.45) is 0.420. The van der Waals surface area contributed by atoms with Crippen LogP contribution in [-0.4, -0.2) is 23.3 Å². The van der Waals surface area contributed by atoms with Gasteiger partial charge in [-0.15, -0.1) is 0 Å². The molecule has 1 N–H and O–H groups in total. The minimum Gasteiger partial charge on any atom is -0.460 e. The predicted octanol–water partition coefficient (Wildman–Crippen LogP) is 1.54. The Hall–Kier alpha value is -1.35. The third-order valence-electron chi connectivity index (χ3n) is 3.08. The fourth-order valence-electron chi connectivity index (χ4n) is 2.06. The number of aliphatic hydroxyl groups excluding tert-OH is 1. The van der Waals surface area contributed by atoms with E-state index >= 15 is 0 Å². The van der Waals surface area contributed by atoms with E-state index in [0.717, 1.165) is 6.42 Å². The molecule has 3 atom stereocenters. The number of aliphatic hydroxyl groups is 1. The molecule has 2 rings (SSSR count). The number of rotatable bonds is 3. The summed E-state index contributed by atoms with van der Waals surface area (Å²) in [5.41, 5.74) is 1.18. The van der Waals surface area contributed by atoms with Crippen molar-refractivity contribution in [3.63, 3.8) is 0 Å². The molecule has 0 spiro atoms. The number of ether oxygens (including phenoxy) is 1. The first-order valence-electron chi connectivity index (χ1n) is 5.61. The number of carbonyl (C=O) groups excluding carboxylic acids is 1. The van der Waals surface area contributed by atoms with Gasteiger partial charge in [0.25, 0.3) is 0 Å².